The van der Waals surface area contributed by atoms with Crippen molar-refractivity contribution >= 4 is 11.5 Å². The first-order valence-corrected chi connectivity index (χ1v) is 5.52. The van der Waals surface area contributed by atoms with Gasteiger partial charge in [0.05, 0.1) is 4.92 Å². The molecule has 0 aliphatic rings. The van der Waals surface area contributed by atoms with Crippen molar-refractivity contribution in [3.8, 4) is 0 Å². The lowest BCUT2D eigenvalue weighted by molar-refractivity contribution is -0.386. The quantitative estimate of drug-likeness (QED) is 0.489. The molecule has 0 aliphatic heterocycles. The Balaban J connectivity index is 2.60. The van der Waals surface area contributed by atoms with E-state index in [4.69, 9.17) is 0 Å². The van der Waals surface area contributed by atoms with Crippen LogP contribution in [0.25, 0.3) is 0 Å². The van der Waals surface area contributed by atoms with E-state index in [9.17, 15) is 23.7 Å². The van der Waals surface area contributed by atoms with E-state index >= 15 is 0 Å². The van der Waals surface area contributed by atoms with Gasteiger partial charge in [-0.15, -0.1) is 0 Å². The average molecular weight is 278 g/mol. The second-order valence-electron chi connectivity index (χ2n) is 3.86. The van der Waals surface area contributed by atoms with E-state index in [1.807, 2.05) is 0 Å². The smallest absolute Gasteiger partial charge is 0.279 e. The topological polar surface area (TPSA) is 73.1 Å². The Labute approximate surface area is 112 Å². The minimum atomic E-state index is -3.11. The lowest BCUT2D eigenvalue weighted by Crippen LogP contribution is -2.08. The van der Waals surface area contributed by atoms with Crippen LogP contribution in [0.3, 0.4) is 0 Å². The SMILES string of the molecule is O=C(c1ccncc1)c1cccc([N+](=O)[O-])c1C(F)F. The normalized spacial score (nSPS) is 10.6. The third kappa shape index (κ3) is 2.51. The zero-order valence-corrected chi connectivity index (χ0v) is 9.99. The standard InChI is InChI=1S/C13H8F2N2O3/c14-13(15)11-9(2-1-3-10(11)17(19)20)12(18)8-4-6-16-7-5-8/h1-7,13H. The van der Waals surface area contributed by atoms with E-state index in [0.717, 1.165) is 12.1 Å². The van der Waals surface area contributed by atoms with Crippen molar-refractivity contribution < 1.29 is 18.5 Å². The van der Waals surface area contributed by atoms with Gasteiger partial charge in [-0.05, 0) is 12.1 Å². The number of nitro benzene ring substituents is 1. The van der Waals surface area contributed by atoms with E-state index in [1.165, 1.54) is 30.6 Å². The van der Waals surface area contributed by atoms with E-state index in [2.05, 4.69) is 4.98 Å². The first-order valence-electron chi connectivity index (χ1n) is 5.52. The largest absolute Gasteiger partial charge is 0.289 e. The van der Waals surface area contributed by atoms with Gasteiger partial charge in [-0.1, -0.05) is 12.1 Å². The number of hydrogen-bond donors (Lipinski definition) is 0. The second kappa shape index (κ2) is 5.52. The molecular weight excluding hydrogens is 270 g/mol. The third-order valence-corrected chi connectivity index (χ3v) is 2.69. The van der Waals surface area contributed by atoms with Crippen LogP contribution in [0.1, 0.15) is 27.9 Å². The number of carbonyl (C=O) groups excluding carboxylic acids is 1. The summed E-state index contributed by atoms with van der Waals surface area (Å²) < 4.78 is 26.1. The zero-order valence-electron chi connectivity index (χ0n) is 9.99. The van der Waals surface area contributed by atoms with Crippen LogP contribution in [0, 0.1) is 10.1 Å². The van der Waals surface area contributed by atoms with Gasteiger partial charge in [-0.25, -0.2) is 8.78 Å². The van der Waals surface area contributed by atoms with Gasteiger partial charge in [0.2, 0.25) is 0 Å². The Morgan fingerprint density at radius 1 is 1.20 bits per heavy atom. The summed E-state index contributed by atoms with van der Waals surface area (Å²) in [6, 6.07) is 6.02. The number of rotatable bonds is 4. The molecule has 5 nitrogen and oxygen atoms in total. The zero-order chi connectivity index (χ0) is 14.7. The maximum absolute atomic E-state index is 13.1. The van der Waals surface area contributed by atoms with Crippen molar-refractivity contribution in [2.24, 2.45) is 0 Å². The number of nitro groups is 1. The minimum absolute atomic E-state index is 0.141. The number of pyridine rings is 1. The minimum Gasteiger partial charge on any atom is -0.289 e. The molecule has 0 spiro atoms. The number of ketones is 1. The van der Waals surface area contributed by atoms with Crippen molar-refractivity contribution in [1.82, 2.24) is 4.98 Å². The summed E-state index contributed by atoms with van der Waals surface area (Å²) in [7, 11) is 0. The van der Waals surface area contributed by atoms with Crippen molar-refractivity contribution in [2.45, 2.75) is 6.43 Å². The molecule has 20 heavy (non-hydrogen) atoms. The first-order chi connectivity index (χ1) is 9.52. The summed E-state index contributed by atoms with van der Waals surface area (Å²) in [5, 5.41) is 10.8. The molecule has 2 aromatic rings. The first kappa shape index (κ1) is 13.7. The summed E-state index contributed by atoms with van der Waals surface area (Å²) in [4.78, 5) is 25.7. The van der Waals surface area contributed by atoms with Gasteiger partial charge < -0.3 is 0 Å². The molecular formula is C13H8F2N2O3. The van der Waals surface area contributed by atoms with Gasteiger partial charge in [-0.3, -0.25) is 19.9 Å². The molecule has 0 N–H and O–H groups in total. The predicted octanol–water partition coefficient (Wildman–Crippen LogP) is 3.16. The van der Waals surface area contributed by atoms with Crippen molar-refractivity contribution in [3.63, 3.8) is 0 Å². The number of carbonyl (C=O) groups is 1. The molecule has 1 aromatic heterocycles. The highest BCUT2D eigenvalue weighted by molar-refractivity contribution is 6.10. The Kier molecular flexibility index (Phi) is 3.79. The molecule has 0 saturated heterocycles. The van der Waals surface area contributed by atoms with Gasteiger partial charge in [-0.2, -0.15) is 0 Å². The van der Waals surface area contributed by atoms with E-state index in [0.29, 0.717) is 0 Å². The van der Waals surface area contributed by atoms with E-state index < -0.39 is 28.4 Å². The molecule has 0 fully saturated rings. The van der Waals surface area contributed by atoms with Crippen LogP contribution in [0.5, 0.6) is 0 Å². The highest BCUT2D eigenvalue weighted by Gasteiger charge is 2.28. The molecule has 0 amide bonds. The third-order valence-electron chi connectivity index (χ3n) is 2.69. The molecule has 0 radical (unpaired) electrons. The van der Waals surface area contributed by atoms with Crippen LogP contribution >= 0.6 is 0 Å². The molecule has 1 aromatic carbocycles. The molecule has 7 heteroatoms. The maximum atomic E-state index is 13.1. The van der Waals surface area contributed by atoms with Gasteiger partial charge in [0.25, 0.3) is 12.1 Å². The fourth-order valence-corrected chi connectivity index (χ4v) is 1.80. The van der Waals surface area contributed by atoms with Crippen molar-refractivity contribution in [2.75, 3.05) is 0 Å². The lowest BCUT2D eigenvalue weighted by atomic mass is 9.98. The number of alkyl halides is 2. The predicted molar refractivity (Wildman–Crippen MR) is 65.7 cm³/mol. The highest BCUT2D eigenvalue weighted by Crippen LogP contribution is 2.33. The Morgan fingerprint density at radius 3 is 2.40 bits per heavy atom. The molecule has 0 atom stereocenters. The van der Waals surface area contributed by atoms with Crippen LogP contribution in [0.2, 0.25) is 0 Å². The van der Waals surface area contributed by atoms with Gasteiger partial charge in [0.15, 0.2) is 5.78 Å². The van der Waals surface area contributed by atoms with Crippen LogP contribution in [0.15, 0.2) is 42.7 Å². The molecule has 0 saturated carbocycles. The van der Waals surface area contributed by atoms with Gasteiger partial charge in [0, 0.05) is 29.6 Å². The van der Waals surface area contributed by atoms with Crippen LogP contribution < -0.4 is 0 Å². The molecule has 0 unspecified atom stereocenters. The number of nitrogens with zero attached hydrogens (tertiary/aromatic N) is 2. The number of hydrogen-bond acceptors (Lipinski definition) is 4. The number of aromatic nitrogens is 1. The van der Waals surface area contributed by atoms with Gasteiger partial charge in [0.1, 0.15) is 5.56 Å². The second-order valence-corrected chi connectivity index (χ2v) is 3.86. The number of halogens is 2. The fourth-order valence-electron chi connectivity index (χ4n) is 1.80. The molecule has 0 aliphatic carbocycles. The average Bonchev–Trinajstić information content (AvgIpc) is 2.46. The van der Waals surface area contributed by atoms with Crippen LogP contribution in [-0.4, -0.2) is 15.7 Å². The van der Waals surface area contributed by atoms with Crippen LogP contribution in [0.4, 0.5) is 14.5 Å². The summed E-state index contributed by atoms with van der Waals surface area (Å²) in [6.45, 7) is 0. The summed E-state index contributed by atoms with van der Waals surface area (Å²) >= 11 is 0. The molecule has 1 heterocycles. The Morgan fingerprint density at radius 2 is 1.85 bits per heavy atom. The Hall–Kier alpha value is -2.70. The number of benzene rings is 1. The summed E-state index contributed by atoms with van der Waals surface area (Å²) in [5.41, 5.74) is -1.86. The maximum Gasteiger partial charge on any atom is 0.279 e. The van der Waals surface area contributed by atoms with Crippen molar-refractivity contribution in [3.05, 3.63) is 69.5 Å². The molecule has 102 valence electrons. The van der Waals surface area contributed by atoms with E-state index in [1.54, 1.807) is 0 Å². The van der Waals surface area contributed by atoms with Crippen molar-refractivity contribution in [1.29, 1.82) is 0 Å². The van der Waals surface area contributed by atoms with E-state index in [-0.39, 0.29) is 11.1 Å². The van der Waals surface area contributed by atoms with Crippen LogP contribution in [-0.2, 0) is 0 Å². The fraction of sp³-hybridized carbons (Fsp3) is 0.0769. The lowest BCUT2D eigenvalue weighted by Gasteiger charge is -2.08. The Bertz CT molecular complexity index is 660. The summed E-state index contributed by atoms with van der Waals surface area (Å²) in [6.07, 6.45) is -0.434. The highest BCUT2D eigenvalue weighted by atomic mass is 19.3. The monoisotopic (exact) mass is 278 g/mol. The van der Waals surface area contributed by atoms with Gasteiger partial charge >= 0.3 is 0 Å². The summed E-state index contributed by atoms with van der Waals surface area (Å²) in [5.74, 6) is -0.702. The molecule has 2 rings (SSSR count). The molecule has 0 bridgehead atoms.